The van der Waals surface area contributed by atoms with Crippen LogP contribution in [0.25, 0.3) is 0 Å². The maximum absolute atomic E-state index is 13.1. The van der Waals surface area contributed by atoms with Crippen LogP contribution >= 0.6 is 15.6 Å². The largest absolute Gasteiger partial charge is 0.472 e. The smallest absolute Gasteiger partial charge is 0.462 e. The number of carbonyl (C=O) groups is 4. The van der Waals surface area contributed by atoms with Crippen LogP contribution in [0.1, 0.15) is 297 Å². The topological polar surface area (TPSA) is 237 Å². The van der Waals surface area contributed by atoms with Crippen molar-refractivity contribution in [3.05, 3.63) is 109 Å². The highest BCUT2D eigenvalue weighted by molar-refractivity contribution is 7.47. The molecule has 5 atom stereocenters. The highest BCUT2D eigenvalue weighted by atomic mass is 31.2. The molecule has 0 heterocycles. The molecule has 5 unspecified atom stereocenters. The van der Waals surface area contributed by atoms with E-state index < -0.39 is 97.5 Å². The van der Waals surface area contributed by atoms with Crippen molar-refractivity contribution in [2.24, 2.45) is 0 Å². The van der Waals surface area contributed by atoms with Crippen LogP contribution in [-0.2, 0) is 65.4 Å². The molecule has 0 spiro atoms. The van der Waals surface area contributed by atoms with Crippen molar-refractivity contribution >= 4 is 39.5 Å². The summed E-state index contributed by atoms with van der Waals surface area (Å²) < 4.78 is 68.3. The summed E-state index contributed by atoms with van der Waals surface area (Å²) in [5, 5.41) is 10.6. The van der Waals surface area contributed by atoms with Gasteiger partial charge in [-0.1, -0.05) is 259 Å². The fraction of sp³-hybridized carbons (Fsp3) is 0.714. The van der Waals surface area contributed by atoms with Crippen molar-refractivity contribution < 1.29 is 80.2 Å². The van der Waals surface area contributed by atoms with Crippen LogP contribution in [0.2, 0.25) is 0 Å². The molecule has 0 aliphatic carbocycles. The van der Waals surface area contributed by atoms with Crippen molar-refractivity contribution in [1.29, 1.82) is 0 Å². The molecular formula is C77H132O17P2. The lowest BCUT2D eigenvalue weighted by molar-refractivity contribution is -0.161. The number of hydrogen-bond donors (Lipinski definition) is 3. The number of ether oxygens (including phenoxy) is 4. The first kappa shape index (κ1) is 91.7. The summed E-state index contributed by atoms with van der Waals surface area (Å²) in [5.74, 6) is -2.27. The van der Waals surface area contributed by atoms with Gasteiger partial charge in [-0.2, -0.15) is 0 Å². The molecule has 0 bridgehead atoms. The number of aliphatic hydroxyl groups is 1. The number of aliphatic hydroxyl groups excluding tert-OH is 1. The predicted octanol–water partition coefficient (Wildman–Crippen LogP) is 21.0. The number of hydrogen-bond acceptors (Lipinski definition) is 15. The second-order valence-corrected chi connectivity index (χ2v) is 27.4. The summed E-state index contributed by atoms with van der Waals surface area (Å²) in [6.45, 7) is 4.50. The first-order valence-corrected chi connectivity index (χ1v) is 40.1. The van der Waals surface area contributed by atoms with Gasteiger partial charge >= 0.3 is 39.5 Å². The molecule has 552 valence electrons. The zero-order valence-corrected chi connectivity index (χ0v) is 61.8. The van der Waals surface area contributed by atoms with E-state index in [2.05, 4.69) is 137 Å². The standard InChI is InChI=1S/C77H132O17P2/c1-5-9-13-17-21-25-29-32-35-38-42-45-49-53-57-61-74(79)87-67-72(93-76(81)63-59-55-51-47-41-28-24-20-16-12-8-4)69-91-95(83,84)89-65-71(78)66-90-96(85,86)92-70-73(94-77(82)64-60-56-52-48-44-40-37-34-31-27-23-19-15-11-7-3)68-88-75(80)62-58-54-50-46-43-39-36-33-30-26-22-18-14-10-6-2/h9-10,13-14,20-22,24-26,32-33,35-36,42-43,45-46,71-73,78H,5-8,11-12,15-19,23,27-31,34,37-41,44,47-70H2,1-4H3,(H,83,84)(H,85,86)/b13-9-,14-10-,24-20-,25-21-,26-22-,35-32-,36-33-,45-42-,46-43-. The van der Waals surface area contributed by atoms with E-state index in [0.29, 0.717) is 25.7 Å². The zero-order valence-electron chi connectivity index (χ0n) is 60.0. The van der Waals surface area contributed by atoms with Crippen LogP contribution in [-0.4, -0.2) is 96.7 Å². The van der Waals surface area contributed by atoms with Crippen molar-refractivity contribution in [2.45, 2.75) is 316 Å². The Hall–Kier alpha value is -4.28. The van der Waals surface area contributed by atoms with Gasteiger partial charge in [0.25, 0.3) is 0 Å². The second kappa shape index (κ2) is 69.2. The highest BCUT2D eigenvalue weighted by Gasteiger charge is 2.30. The quantitative estimate of drug-likeness (QED) is 0.0169. The lowest BCUT2D eigenvalue weighted by atomic mass is 10.0. The number of allylic oxidation sites excluding steroid dienone is 18. The molecular weight excluding hydrogens is 1260 g/mol. The van der Waals surface area contributed by atoms with Crippen LogP contribution in [0.4, 0.5) is 0 Å². The van der Waals surface area contributed by atoms with Gasteiger partial charge in [-0.3, -0.25) is 37.3 Å². The third kappa shape index (κ3) is 68.3. The maximum atomic E-state index is 13.1. The van der Waals surface area contributed by atoms with E-state index in [1.807, 2.05) is 0 Å². The lowest BCUT2D eigenvalue weighted by Gasteiger charge is -2.21. The number of rotatable bonds is 69. The Balaban J connectivity index is 5.39. The predicted molar refractivity (Wildman–Crippen MR) is 390 cm³/mol. The van der Waals surface area contributed by atoms with E-state index in [1.54, 1.807) is 0 Å². The summed E-state index contributed by atoms with van der Waals surface area (Å²) in [5.41, 5.74) is 0. The number of esters is 4. The molecule has 3 N–H and O–H groups in total. The molecule has 0 saturated carbocycles. The molecule has 96 heavy (non-hydrogen) atoms. The molecule has 0 aromatic carbocycles. The number of phosphoric acid groups is 2. The van der Waals surface area contributed by atoms with Crippen LogP contribution in [0.5, 0.6) is 0 Å². The fourth-order valence-electron chi connectivity index (χ4n) is 9.59. The normalized spacial score (nSPS) is 14.6. The van der Waals surface area contributed by atoms with Crippen molar-refractivity contribution in [3.63, 3.8) is 0 Å². The summed E-state index contributed by atoms with van der Waals surface area (Å²) >= 11 is 0. The first-order chi connectivity index (χ1) is 46.7. The van der Waals surface area contributed by atoms with Gasteiger partial charge in [-0.25, -0.2) is 9.13 Å². The van der Waals surface area contributed by atoms with Crippen molar-refractivity contribution in [2.75, 3.05) is 39.6 Å². The van der Waals surface area contributed by atoms with Gasteiger partial charge < -0.3 is 33.8 Å². The number of phosphoric ester groups is 2. The van der Waals surface area contributed by atoms with Gasteiger partial charge in [0, 0.05) is 25.7 Å². The Kier molecular flexibility index (Phi) is 66.1. The lowest BCUT2D eigenvalue weighted by Crippen LogP contribution is -2.30. The second-order valence-electron chi connectivity index (χ2n) is 24.5. The van der Waals surface area contributed by atoms with Crippen molar-refractivity contribution in [3.8, 4) is 0 Å². The maximum Gasteiger partial charge on any atom is 0.472 e. The molecule has 0 aliphatic heterocycles. The van der Waals surface area contributed by atoms with Crippen LogP contribution in [0.15, 0.2) is 109 Å². The molecule has 0 rings (SSSR count). The Morgan fingerprint density at radius 2 is 0.552 bits per heavy atom. The average molecular weight is 1390 g/mol. The molecule has 0 fully saturated rings. The molecule has 19 heteroatoms. The van der Waals surface area contributed by atoms with Crippen molar-refractivity contribution in [1.82, 2.24) is 0 Å². The first-order valence-electron chi connectivity index (χ1n) is 37.1. The molecule has 0 aliphatic rings. The third-order valence-corrected chi connectivity index (χ3v) is 17.1. The minimum Gasteiger partial charge on any atom is -0.462 e. The Labute approximate surface area is 581 Å². The molecule has 0 saturated heterocycles. The molecule has 0 aromatic rings. The Bertz CT molecular complexity index is 2250. The van der Waals surface area contributed by atoms with Gasteiger partial charge in [0.05, 0.1) is 26.4 Å². The summed E-state index contributed by atoms with van der Waals surface area (Å²) in [4.78, 5) is 72.7. The molecule has 0 amide bonds. The van der Waals surface area contributed by atoms with E-state index in [1.165, 1.54) is 77.0 Å². The number of unbranched alkanes of at least 4 members (excludes halogenated alkanes) is 25. The van der Waals surface area contributed by atoms with E-state index in [4.69, 9.17) is 37.0 Å². The van der Waals surface area contributed by atoms with Gasteiger partial charge in [0.2, 0.25) is 0 Å². The Morgan fingerprint density at radius 1 is 0.302 bits per heavy atom. The van der Waals surface area contributed by atoms with Crippen LogP contribution in [0, 0.1) is 0 Å². The molecule has 0 aromatic heterocycles. The molecule has 17 nitrogen and oxygen atoms in total. The fourth-order valence-corrected chi connectivity index (χ4v) is 11.2. The summed E-state index contributed by atoms with van der Waals surface area (Å²) in [6.07, 6.45) is 72.4. The van der Waals surface area contributed by atoms with Gasteiger partial charge in [0.1, 0.15) is 19.3 Å². The van der Waals surface area contributed by atoms with Crippen LogP contribution in [0.3, 0.4) is 0 Å². The van der Waals surface area contributed by atoms with Crippen LogP contribution < -0.4 is 0 Å². The Morgan fingerprint density at radius 3 is 0.896 bits per heavy atom. The minimum absolute atomic E-state index is 0.0734. The SMILES string of the molecule is CC/C=C\C/C=C\C/C=C\C/C=C\CCCCC(=O)OCC(COP(=O)(O)OCC(O)COP(=O)(O)OCC(COC(=O)CCCC/C=C\C/C=C\C/C=C\C/C=C\CC)OC(=O)CCCCCCCCCCCCCCCCC)OC(=O)CCCCCCC/C=C\CCCC. The minimum atomic E-state index is -4.98. The van der Waals surface area contributed by atoms with Gasteiger partial charge in [0.15, 0.2) is 12.2 Å². The van der Waals surface area contributed by atoms with E-state index >= 15 is 0 Å². The van der Waals surface area contributed by atoms with E-state index in [0.717, 1.165) is 141 Å². The van der Waals surface area contributed by atoms with Gasteiger partial charge in [-0.05, 0) is 122 Å². The average Bonchev–Trinajstić information content (AvgIpc) is 1.11. The third-order valence-electron chi connectivity index (χ3n) is 15.2. The monoisotopic (exact) mass is 1390 g/mol. The van der Waals surface area contributed by atoms with E-state index in [9.17, 15) is 43.2 Å². The summed E-state index contributed by atoms with van der Waals surface area (Å²) in [7, 11) is -9.96. The highest BCUT2D eigenvalue weighted by Crippen LogP contribution is 2.45. The number of carbonyl (C=O) groups excluding carboxylic acids is 4. The van der Waals surface area contributed by atoms with Gasteiger partial charge in [-0.15, -0.1) is 0 Å². The zero-order chi connectivity index (χ0) is 70.4. The molecule has 0 radical (unpaired) electrons. The van der Waals surface area contributed by atoms with E-state index in [-0.39, 0.29) is 25.7 Å². The summed E-state index contributed by atoms with van der Waals surface area (Å²) in [6, 6.07) is 0.